The lowest BCUT2D eigenvalue weighted by atomic mass is 9.94. The lowest BCUT2D eigenvalue weighted by Gasteiger charge is -2.22. The standard InChI is InChI=1S/C34H36N6O6S/c41-29-18-23(8-9-30(42)46-20-22-5-2-1-3-6-22)32(43)36-13-4-7-25-17-24(10-14-35-25)34-38-28(21-47-34)33(44)37-27-19-40(39-31(27)29)26-11-15-45-16-12-26/h1-3,5-6,10,14,17,19,21,23,26H,4,7-9,11-13,15-16,18,20H2,(H,36,43)(H,37,44). The van der Waals surface area contributed by atoms with Crippen LogP contribution in [-0.4, -0.2) is 63.1 Å². The molecule has 1 aromatic carbocycles. The van der Waals surface area contributed by atoms with E-state index in [2.05, 4.69) is 25.7 Å². The maximum atomic E-state index is 13.9. The SMILES string of the molecule is O=C(CCC1CC(=O)c2nn(C3CCOCC3)cc2NC(=O)c2csc(n2)-c2ccnc(c2)CCCNC1=O)OCc1ccccc1. The fourth-order valence-corrected chi connectivity index (χ4v) is 6.44. The van der Waals surface area contributed by atoms with Gasteiger partial charge in [-0.1, -0.05) is 30.3 Å². The Labute approximate surface area is 275 Å². The third kappa shape index (κ3) is 8.35. The predicted octanol–water partition coefficient (Wildman–Crippen LogP) is 4.78. The van der Waals surface area contributed by atoms with Crippen molar-refractivity contribution in [3.05, 3.63) is 82.9 Å². The molecule has 6 rings (SSSR count). The van der Waals surface area contributed by atoms with Crippen molar-refractivity contribution in [3.63, 3.8) is 0 Å². The maximum absolute atomic E-state index is 13.9. The number of ketones is 1. The molecule has 2 aliphatic rings. The predicted molar refractivity (Wildman–Crippen MR) is 174 cm³/mol. The zero-order valence-electron chi connectivity index (χ0n) is 25.9. The third-order valence-electron chi connectivity index (χ3n) is 8.26. The number of rotatable bonds is 6. The molecule has 13 heteroatoms. The zero-order chi connectivity index (χ0) is 32.6. The van der Waals surface area contributed by atoms with Gasteiger partial charge >= 0.3 is 5.97 Å². The number of benzene rings is 1. The van der Waals surface area contributed by atoms with Crippen molar-refractivity contribution in [2.45, 2.75) is 57.6 Å². The van der Waals surface area contributed by atoms with Crippen LogP contribution in [0.15, 0.2) is 60.2 Å². The number of ether oxygens (including phenoxy) is 2. The van der Waals surface area contributed by atoms with E-state index in [-0.39, 0.29) is 54.9 Å². The number of aromatic nitrogens is 4. The smallest absolute Gasteiger partial charge is 0.306 e. The molecule has 12 nitrogen and oxygen atoms in total. The molecule has 1 atom stereocenters. The minimum atomic E-state index is -0.815. The summed E-state index contributed by atoms with van der Waals surface area (Å²) in [6.45, 7) is 1.62. The van der Waals surface area contributed by atoms with Crippen molar-refractivity contribution < 1.29 is 28.7 Å². The number of carbonyl (C=O) groups is 4. The van der Waals surface area contributed by atoms with E-state index in [0.29, 0.717) is 50.4 Å². The average Bonchev–Trinajstić information content (AvgIpc) is 3.77. The van der Waals surface area contributed by atoms with Gasteiger partial charge in [0.2, 0.25) is 5.91 Å². The Balaban J connectivity index is 1.25. The first-order valence-corrected chi connectivity index (χ1v) is 16.7. The monoisotopic (exact) mass is 656 g/mol. The second-order valence-electron chi connectivity index (χ2n) is 11.6. The Kier molecular flexibility index (Phi) is 10.4. The van der Waals surface area contributed by atoms with Crippen molar-refractivity contribution in [3.8, 4) is 10.6 Å². The molecule has 0 saturated carbocycles. The number of esters is 1. The lowest BCUT2D eigenvalue weighted by molar-refractivity contribution is -0.145. The fraction of sp³-hybridized carbons (Fsp3) is 0.382. The highest BCUT2D eigenvalue weighted by Crippen LogP contribution is 2.28. The molecule has 2 aliphatic heterocycles. The van der Waals surface area contributed by atoms with Gasteiger partial charge in [-0.15, -0.1) is 11.3 Å². The first-order valence-electron chi connectivity index (χ1n) is 15.8. The summed E-state index contributed by atoms with van der Waals surface area (Å²) in [6, 6.07) is 13.1. The van der Waals surface area contributed by atoms with Gasteiger partial charge in [0.1, 0.15) is 17.3 Å². The summed E-state index contributed by atoms with van der Waals surface area (Å²) in [4.78, 5) is 62.4. The molecule has 2 amide bonds. The van der Waals surface area contributed by atoms with Gasteiger partial charge < -0.3 is 20.1 Å². The Morgan fingerprint density at radius 1 is 1.11 bits per heavy atom. The highest BCUT2D eigenvalue weighted by molar-refractivity contribution is 7.13. The van der Waals surface area contributed by atoms with E-state index in [1.165, 1.54) is 11.3 Å². The van der Waals surface area contributed by atoms with Gasteiger partial charge in [-0.05, 0) is 49.8 Å². The summed E-state index contributed by atoms with van der Waals surface area (Å²) in [5.74, 6) is -2.49. The number of fused-ring (bicyclic) bond motifs is 6. The molecule has 0 aliphatic carbocycles. The summed E-state index contributed by atoms with van der Waals surface area (Å²) in [5.41, 5.74) is 3.05. The number of hydrogen-bond donors (Lipinski definition) is 2. The van der Waals surface area contributed by atoms with Crippen molar-refractivity contribution in [1.82, 2.24) is 25.1 Å². The first-order chi connectivity index (χ1) is 22.9. The number of thiazole rings is 1. The summed E-state index contributed by atoms with van der Waals surface area (Å²) in [5, 5.41) is 12.8. The van der Waals surface area contributed by atoms with E-state index < -0.39 is 23.6 Å². The topological polar surface area (TPSA) is 154 Å². The van der Waals surface area contributed by atoms with Crippen molar-refractivity contribution in [1.29, 1.82) is 0 Å². The molecule has 0 spiro atoms. The van der Waals surface area contributed by atoms with Crippen LogP contribution in [-0.2, 0) is 32.1 Å². The minimum Gasteiger partial charge on any atom is -0.461 e. The molecule has 4 aromatic rings. The van der Waals surface area contributed by atoms with E-state index in [0.717, 1.165) is 16.8 Å². The van der Waals surface area contributed by atoms with Crippen LogP contribution in [0.4, 0.5) is 5.69 Å². The van der Waals surface area contributed by atoms with E-state index in [4.69, 9.17) is 9.47 Å². The highest BCUT2D eigenvalue weighted by Gasteiger charge is 2.29. The van der Waals surface area contributed by atoms with E-state index >= 15 is 0 Å². The molecule has 4 bridgehead atoms. The Morgan fingerprint density at radius 2 is 1.94 bits per heavy atom. The number of amides is 2. The van der Waals surface area contributed by atoms with Crippen LogP contribution < -0.4 is 10.6 Å². The van der Waals surface area contributed by atoms with Crippen molar-refractivity contribution in [2.24, 2.45) is 5.92 Å². The van der Waals surface area contributed by atoms with E-state index in [1.54, 1.807) is 22.5 Å². The zero-order valence-corrected chi connectivity index (χ0v) is 26.7. The minimum absolute atomic E-state index is 0.00666. The quantitative estimate of drug-likeness (QED) is 0.279. The number of carbonyl (C=O) groups excluding carboxylic acids is 4. The molecule has 5 heterocycles. The summed E-state index contributed by atoms with van der Waals surface area (Å²) < 4.78 is 12.6. The second-order valence-corrected chi connectivity index (χ2v) is 12.5. The van der Waals surface area contributed by atoms with Crippen molar-refractivity contribution in [2.75, 3.05) is 25.1 Å². The van der Waals surface area contributed by atoms with Crippen LogP contribution in [0.5, 0.6) is 0 Å². The molecule has 1 saturated heterocycles. The molecular weight excluding hydrogens is 620 g/mol. The van der Waals surface area contributed by atoms with Gasteiger partial charge in [-0.3, -0.25) is 28.8 Å². The van der Waals surface area contributed by atoms with Gasteiger partial charge in [0.05, 0.1) is 11.7 Å². The molecule has 244 valence electrons. The summed E-state index contributed by atoms with van der Waals surface area (Å²) in [6.07, 6.45) is 5.89. The highest BCUT2D eigenvalue weighted by atomic mass is 32.1. The van der Waals surface area contributed by atoms with Gasteiger partial charge in [0.25, 0.3) is 5.91 Å². The number of hydrogen-bond acceptors (Lipinski definition) is 10. The Bertz CT molecular complexity index is 1730. The van der Waals surface area contributed by atoms with Crippen LogP contribution in [0.2, 0.25) is 0 Å². The second kappa shape index (κ2) is 15.2. The van der Waals surface area contributed by atoms with Crippen LogP contribution in [0.1, 0.15) is 76.8 Å². The number of pyridine rings is 1. The van der Waals surface area contributed by atoms with E-state index in [1.807, 2.05) is 42.5 Å². The van der Waals surface area contributed by atoms with Crippen LogP contribution in [0.25, 0.3) is 10.6 Å². The normalized spacial score (nSPS) is 18.0. The number of aryl methyl sites for hydroxylation is 1. The molecule has 1 unspecified atom stereocenters. The van der Waals surface area contributed by atoms with Gasteiger partial charge in [-0.2, -0.15) is 5.10 Å². The van der Waals surface area contributed by atoms with Gasteiger partial charge in [-0.25, -0.2) is 4.98 Å². The Morgan fingerprint density at radius 3 is 2.77 bits per heavy atom. The number of nitrogens with zero attached hydrogens (tertiary/aromatic N) is 4. The first kappa shape index (κ1) is 32.2. The van der Waals surface area contributed by atoms with Crippen LogP contribution in [0, 0.1) is 5.92 Å². The Hall–Kier alpha value is -4.75. The fourth-order valence-electron chi connectivity index (χ4n) is 5.64. The number of Topliss-reactive ketones (excluding diaryl/α,β-unsaturated/α-hetero) is 1. The maximum Gasteiger partial charge on any atom is 0.306 e. The van der Waals surface area contributed by atoms with E-state index in [9.17, 15) is 19.2 Å². The number of nitrogens with one attached hydrogen (secondary N) is 2. The van der Waals surface area contributed by atoms with Gasteiger partial charge in [0, 0.05) is 67.5 Å². The molecular formula is C34H36N6O6S. The average molecular weight is 657 g/mol. The summed E-state index contributed by atoms with van der Waals surface area (Å²) in [7, 11) is 0. The molecule has 3 aromatic heterocycles. The molecule has 0 radical (unpaired) electrons. The van der Waals surface area contributed by atoms with Crippen LogP contribution >= 0.6 is 11.3 Å². The van der Waals surface area contributed by atoms with Gasteiger partial charge in [0.15, 0.2) is 11.5 Å². The summed E-state index contributed by atoms with van der Waals surface area (Å²) >= 11 is 1.35. The van der Waals surface area contributed by atoms with Crippen molar-refractivity contribution >= 4 is 40.6 Å². The van der Waals surface area contributed by atoms with Crippen LogP contribution in [0.3, 0.4) is 0 Å². The largest absolute Gasteiger partial charge is 0.461 e. The number of anilines is 1. The third-order valence-corrected chi connectivity index (χ3v) is 9.15. The molecule has 2 N–H and O–H groups in total. The lowest BCUT2D eigenvalue weighted by Crippen LogP contribution is -2.33. The molecule has 1 fully saturated rings. The molecule has 47 heavy (non-hydrogen) atoms.